The summed E-state index contributed by atoms with van der Waals surface area (Å²) in [6.07, 6.45) is 80.9. The van der Waals surface area contributed by atoms with Gasteiger partial charge in [-0.15, -0.1) is 0 Å². The molecule has 0 aliphatic carbocycles. The molecule has 0 aliphatic heterocycles. The van der Waals surface area contributed by atoms with Gasteiger partial charge in [0.25, 0.3) is 0 Å². The maximum atomic E-state index is 12.9. The number of allylic oxidation sites excluding steroid dienone is 10. The molecule has 436 valence electrons. The van der Waals surface area contributed by atoms with Gasteiger partial charge in [0.05, 0.1) is 0 Å². The molecule has 0 radical (unpaired) electrons. The molecule has 0 heterocycles. The van der Waals surface area contributed by atoms with Gasteiger partial charge in [-0.25, -0.2) is 0 Å². The van der Waals surface area contributed by atoms with Crippen LogP contribution >= 0.6 is 0 Å². The zero-order valence-electron chi connectivity index (χ0n) is 50.1. The number of hydrogen-bond acceptors (Lipinski definition) is 6. The number of carbonyl (C=O) groups excluding carboxylic acids is 3. The van der Waals surface area contributed by atoms with Gasteiger partial charge < -0.3 is 14.2 Å². The van der Waals surface area contributed by atoms with E-state index in [9.17, 15) is 14.4 Å². The third-order valence-corrected chi connectivity index (χ3v) is 14.5. The zero-order chi connectivity index (χ0) is 54.3. The summed E-state index contributed by atoms with van der Waals surface area (Å²) in [6.45, 7) is 6.62. The Bertz CT molecular complexity index is 1340. The zero-order valence-corrected chi connectivity index (χ0v) is 50.1. The lowest BCUT2D eigenvalue weighted by Gasteiger charge is -2.18. The lowest BCUT2D eigenvalue weighted by atomic mass is 10.0. The summed E-state index contributed by atoms with van der Waals surface area (Å²) in [4.78, 5) is 38.3. The van der Waals surface area contributed by atoms with Crippen LogP contribution in [0.5, 0.6) is 0 Å². The molecule has 75 heavy (non-hydrogen) atoms. The van der Waals surface area contributed by atoms with Gasteiger partial charge in [0.1, 0.15) is 13.2 Å². The molecule has 0 rings (SSSR count). The summed E-state index contributed by atoms with van der Waals surface area (Å²) in [5, 5.41) is 0. The van der Waals surface area contributed by atoms with Crippen LogP contribution in [0.25, 0.3) is 0 Å². The van der Waals surface area contributed by atoms with Crippen LogP contribution in [0.1, 0.15) is 342 Å². The second-order valence-corrected chi connectivity index (χ2v) is 22.0. The Kier molecular flexibility index (Phi) is 61.2. The largest absolute Gasteiger partial charge is 0.462 e. The van der Waals surface area contributed by atoms with E-state index in [4.69, 9.17) is 14.2 Å². The van der Waals surface area contributed by atoms with Crippen molar-refractivity contribution in [3.8, 4) is 0 Å². The molecule has 0 aromatic heterocycles. The molecule has 0 aliphatic rings. The lowest BCUT2D eigenvalue weighted by molar-refractivity contribution is -0.167. The highest BCUT2D eigenvalue weighted by Crippen LogP contribution is 2.17. The fourth-order valence-corrected chi connectivity index (χ4v) is 9.50. The molecule has 1 atom stereocenters. The number of hydrogen-bond donors (Lipinski definition) is 0. The van der Waals surface area contributed by atoms with Crippen LogP contribution in [-0.4, -0.2) is 37.2 Å². The fourth-order valence-electron chi connectivity index (χ4n) is 9.50. The van der Waals surface area contributed by atoms with E-state index in [2.05, 4.69) is 81.5 Å². The average Bonchev–Trinajstić information content (AvgIpc) is 3.41. The number of esters is 3. The van der Waals surface area contributed by atoms with Crippen LogP contribution < -0.4 is 0 Å². The molecule has 0 fully saturated rings. The molecule has 6 nitrogen and oxygen atoms in total. The summed E-state index contributed by atoms with van der Waals surface area (Å²) >= 11 is 0. The quantitative estimate of drug-likeness (QED) is 0.0261. The monoisotopic (exact) mass is 1050 g/mol. The van der Waals surface area contributed by atoms with Crippen LogP contribution in [0, 0.1) is 0 Å². The van der Waals surface area contributed by atoms with Crippen molar-refractivity contribution in [2.24, 2.45) is 0 Å². The van der Waals surface area contributed by atoms with Crippen molar-refractivity contribution in [1.29, 1.82) is 0 Å². The average molecular weight is 1050 g/mol. The molecular weight excluding hydrogens is 925 g/mol. The maximum Gasteiger partial charge on any atom is 0.306 e. The summed E-state index contributed by atoms with van der Waals surface area (Å²) < 4.78 is 16.9. The molecule has 0 saturated carbocycles. The minimum atomic E-state index is -0.791. The van der Waals surface area contributed by atoms with Crippen LogP contribution in [-0.2, 0) is 28.6 Å². The highest BCUT2D eigenvalue weighted by atomic mass is 16.6. The molecular formula is C69H124O6. The van der Waals surface area contributed by atoms with Gasteiger partial charge in [-0.1, -0.05) is 274 Å². The van der Waals surface area contributed by atoms with Crippen molar-refractivity contribution >= 4 is 17.9 Å². The molecule has 0 saturated heterocycles. The Morgan fingerprint density at radius 1 is 0.267 bits per heavy atom. The number of rotatable bonds is 60. The number of carbonyl (C=O) groups is 3. The van der Waals surface area contributed by atoms with Gasteiger partial charge >= 0.3 is 17.9 Å². The van der Waals surface area contributed by atoms with E-state index >= 15 is 0 Å². The van der Waals surface area contributed by atoms with Gasteiger partial charge in [-0.3, -0.25) is 14.4 Å². The van der Waals surface area contributed by atoms with E-state index in [-0.39, 0.29) is 31.1 Å². The third kappa shape index (κ3) is 61.8. The second-order valence-electron chi connectivity index (χ2n) is 22.0. The number of unbranched alkanes of at least 4 members (excludes halogenated alkanes) is 39. The highest BCUT2D eigenvalue weighted by Gasteiger charge is 2.19. The predicted molar refractivity (Wildman–Crippen MR) is 325 cm³/mol. The molecule has 0 N–H and O–H groups in total. The Balaban J connectivity index is 4.36. The SMILES string of the molecule is CCCCC/C=C\C/C=C\C/C=C\CCCCC(=O)OC[C@H](COC(=O)CCCCCCCCCCCCC/C=C\CCCCCCCC)OC(=O)CCCCCCCCCCCCC/C=C\CCCCCCCC. The first kappa shape index (κ1) is 72.1. The smallest absolute Gasteiger partial charge is 0.306 e. The van der Waals surface area contributed by atoms with Crippen LogP contribution in [0.4, 0.5) is 0 Å². The third-order valence-electron chi connectivity index (χ3n) is 14.5. The lowest BCUT2D eigenvalue weighted by Crippen LogP contribution is -2.30. The van der Waals surface area contributed by atoms with E-state index in [1.165, 1.54) is 231 Å². The van der Waals surface area contributed by atoms with Crippen LogP contribution in [0.2, 0.25) is 0 Å². The molecule has 0 aromatic carbocycles. The fraction of sp³-hybridized carbons (Fsp3) is 0.812. The molecule has 0 spiro atoms. The Morgan fingerprint density at radius 2 is 0.480 bits per heavy atom. The minimum Gasteiger partial charge on any atom is -0.462 e. The van der Waals surface area contributed by atoms with E-state index < -0.39 is 6.10 Å². The topological polar surface area (TPSA) is 78.9 Å². The summed E-state index contributed by atoms with van der Waals surface area (Å²) in [6, 6.07) is 0. The van der Waals surface area contributed by atoms with Crippen molar-refractivity contribution in [3.05, 3.63) is 60.8 Å². The Morgan fingerprint density at radius 3 is 0.813 bits per heavy atom. The van der Waals surface area contributed by atoms with Gasteiger partial charge in [0.15, 0.2) is 6.10 Å². The first-order valence-corrected chi connectivity index (χ1v) is 32.8. The highest BCUT2D eigenvalue weighted by molar-refractivity contribution is 5.71. The predicted octanol–water partition coefficient (Wildman–Crippen LogP) is 22.3. The van der Waals surface area contributed by atoms with Gasteiger partial charge in [-0.05, 0) is 109 Å². The summed E-state index contributed by atoms with van der Waals surface area (Å²) in [7, 11) is 0. The normalized spacial score (nSPS) is 12.4. The molecule has 0 aromatic rings. The minimum absolute atomic E-state index is 0.0847. The molecule has 6 heteroatoms. The Hall–Kier alpha value is -2.89. The molecule has 0 bridgehead atoms. The summed E-state index contributed by atoms with van der Waals surface area (Å²) in [5.41, 5.74) is 0. The van der Waals surface area contributed by atoms with Crippen molar-refractivity contribution in [2.45, 2.75) is 348 Å². The van der Waals surface area contributed by atoms with Crippen LogP contribution in [0.3, 0.4) is 0 Å². The van der Waals surface area contributed by atoms with E-state index in [1.54, 1.807) is 0 Å². The van der Waals surface area contributed by atoms with Gasteiger partial charge in [0, 0.05) is 19.3 Å². The second kappa shape index (κ2) is 63.6. The molecule has 0 unspecified atom stereocenters. The van der Waals surface area contributed by atoms with E-state index in [1.807, 2.05) is 0 Å². The van der Waals surface area contributed by atoms with Crippen molar-refractivity contribution in [1.82, 2.24) is 0 Å². The summed E-state index contributed by atoms with van der Waals surface area (Å²) in [5.74, 6) is -0.908. The van der Waals surface area contributed by atoms with Crippen molar-refractivity contribution < 1.29 is 28.6 Å². The number of ether oxygens (including phenoxy) is 3. The first-order chi connectivity index (χ1) is 37.0. The van der Waals surface area contributed by atoms with E-state index in [0.717, 1.165) is 70.6 Å². The first-order valence-electron chi connectivity index (χ1n) is 32.8. The molecule has 0 amide bonds. The standard InChI is InChI=1S/C69H124O6/c1-4-7-10-13-16-19-22-25-28-30-32-34-36-38-41-44-47-50-53-56-59-62-68(71)74-65-66(64-73-67(70)61-58-55-52-49-46-43-40-27-24-21-18-15-12-9-6-3)75-69(72)63-60-57-54-51-48-45-42-39-37-35-33-31-29-26-23-20-17-14-11-8-5-2/h18,21,25-29,40,46,49,66H,4-17,19-20,22-24,30-39,41-45,47-48,50-65H2,1-3H3/b21-18-,28-25-,29-26-,40-27-,49-46-/t66-/m1/s1. The van der Waals surface area contributed by atoms with Crippen molar-refractivity contribution in [3.63, 3.8) is 0 Å². The van der Waals surface area contributed by atoms with Crippen molar-refractivity contribution in [2.75, 3.05) is 13.2 Å². The van der Waals surface area contributed by atoms with Crippen LogP contribution in [0.15, 0.2) is 60.8 Å². The van der Waals surface area contributed by atoms with Gasteiger partial charge in [-0.2, -0.15) is 0 Å². The van der Waals surface area contributed by atoms with Gasteiger partial charge in [0.2, 0.25) is 0 Å². The Labute approximate surface area is 466 Å². The van der Waals surface area contributed by atoms with E-state index in [0.29, 0.717) is 19.3 Å². The maximum absolute atomic E-state index is 12.9.